The zero-order chi connectivity index (χ0) is 16.9. The number of esters is 1. The SMILES string of the molecule is COC(=O)c1ccc(OCc2coc(-c3cccc(F)c3)n2)cc1. The number of oxazole rings is 1. The van der Waals surface area contributed by atoms with Gasteiger partial charge in [0.05, 0.1) is 12.7 Å². The van der Waals surface area contributed by atoms with Crippen LogP contribution < -0.4 is 4.74 Å². The summed E-state index contributed by atoms with van der Waals surface area (Å²) >= 11 is 0. The Labute approximate surface area is 137 Å². The number of nitrogens with zero attached hydrogens (tertiary/aromatic N) is 1. The predicted octanol–water partition coefficient (Wildman–Crippen LogP) is 3.85. The van der Waals surface area contributed by atoms with E-state index in [1.54, 1.807) is 36.4 Å². The van der Waals surface area contributed by atoms with Crippen LogP contribution in [0.4, 0.5) is 4.39 Å². The first-order valence-corrected chi connectivity index (χ1v) is 7.17. The number of carbonyl (C=O) groups is 1. The molecule has 3 aromatic rings. The molecular weight excluding hydrogens is 313 g/mol. The Morgan fingerprint density at radius 2 is 2.00 bits per heavy atom. The topological polar surface area (TPSA) is 61.6 Å². The third-order valence-corrected chi connectivity index (χ3v) is 3.29. The van der Waals surface area contributed by atoms with Gasteiger partial charge in [-0.1, -0.05) is 6.07 Å². The number of hydrogen-bond donors (Lipinski definition) is 0. The molecule has 24 heavy (non-hydrogen) atoms. The predicted molar refractivity (Wildman–Crippen MR) is 84.0 cm³/mol. The van der Waals surface area contributed by atoms with Gasteiger partial charge in [0.1, 0.15) is 30.1 Å². The summed E-state index contributed by atoms with van der Waals surface area (Å²) in [6, 6.07) is 12.6. The fourth-order valence-electron chi connectivity index (χ4n) is 2.09. The number of rotatable bonds is 5. The molecule has 2 aromatic carbocycles. The smallest absolute Gasteiger partial charge is 0.337 e. The third kappa shape index (κ3) is 3.60. The quantitative estimate of drug-likeness (QED) is 0.666. The monoisotopic (exact) mass is 327 g/mol. The van der Waals surface area contributed by atoms with Crippen LogP contribution >= 0.6 is 0 Å². The number of aromatic nitrogens is 1. The van der Waals surface area contributed by atoms with Crippen molar-refractivity contribution in [3.05, 3.63) is 71.9 Å². The van der Waals surface area contributed by atoms with Crippen molar-refractivity contribution in [3.63, 3.8) is 0 Å². The summed E-state index contributed by atoms with van der Waals surface area (Å²) in [5, 5.41) is 0. The lowest BCUT2D eigenvalue weighted by atomic mass is 10.2. The van der Waals surface area contributed by atoms with Gasteiger partial charge < -0.3 is 13.9 Å². The van der Waals surface area contributed by atoms with Gasteiger partial charge in [-0.25, -0.2) is 14.2 Å². The normalized spacial score (nSPS) is 10.4. The summed E-state index contributed by atoms with van der Waals surface area (Å²) in [5.74, 6) is 0.152. The molecule has 0 bridgehead atoms. The van der Waals surface area contributed by atoms with E-state index in [1.807, 2.05) is 0 Å². The number of hydrogen-bond acceptors (Lipinski definition) is 5. The number of methoxy groups -OCH3 is 1. The highest BCUT2D eigenvalue weighted by atomic mass is 19.1. The Kier molecular flexibility index (Phi) is 4.56. The van der Waals surface area contributed by atoms with Crippen molar-refractivity contribution >= 4 is 5.97 Å². The molecule has 0 N–H and O–H groups in total. The summed E-state index contributed by atoms with van der Waals surface area (Å²) < 4.78 is 28.8. The van der Waals surface area contributed by atoms with Crippen LogP contribution in [0.15, 0.2) is 59.2 Å². The molecule has 0 aliphatic carbocycles. The van der Waals surface area contributed by atoms with Gasteiger partial charge in [0.2, 0.25) is 5.89 Å². The van der Waals surface area contributed by atoms with Crippen LogP contribution in [0.25, 0.3) is 11.5 Å². The van der Waals surface area contributed by atoms with Crippen LogP contribution in [0, 0.1) is 5.82 Å². The van der Waals surface area contributed by atoms with Gasteiger partial charge in [0.15, 0.2) is 0 Å². The van der Waals surface area contributed by atoms with Crippen LogP contribution in [-0.2, 0) is 11.3 Å². The molecule has 1 heterocycles. The Bertz CT molecular complexity index is 842. The van der Waals surface area contributed by atoms with Crippen molar-refractivity contribution in [1.82, 2.24) is 4.98 Å². The average Bonchev–Trinajstić information content (AvgIpc) is 3.09. The first-order valence-electron chi connectivity index (χ1n) is 7.17. The molecule has 0 atom stereocenters. The Balaban J connectivity index is 1.64. The molecule has 0 saturated carbocycles. The number of halogens is 1. The van der Waals surface area contributed by atoms with Crippen LogP contribution in [-0.4, -0.2) is 18.1 Å². The molecule has 3 rings (SSSR count). The second-order valence-electron chi connectivity index (χ2n) is 4.96. The molecule has 0 radical (unpaired) electrons. The first-order chi connectivity index (χ1) is 11.7. The zero-order valence-corrected chi connectivity index (χ0v) is 12.9. The molecule has 6 heteroatoms. The second-order valence-corrected chi connectivity index (χ2v) is 4.96. The van der Waals surface area contributed by atoms with Crippen molar-refractivity contribution in [2.45, 2.75) is 6.61 Å². The minimum atomic E-state index is -0.405. The number of carbonyl (C=O) groups excluding carboxylic acids is 1. The number of ether oxygens (including phenoxy) is 2. The fraction of sp³-hybridized carbons (Fsp3) is 0.111. The second kappa shape index (κ2) is 6.95. The van der Waals surface area contributed by atoms with E-state index < -0.39 is 5.97 Å². The van der Waals surface area contributed by atoms with E-state index in [1.165, 1.54) is 25.5 Å². The van der Waals surface area contributed by atoms with Crippen molar-refractivity contribution in [1.29, 1.82) is 0 Å². The number of benzene rings is 2. The van der Waals surface area contributed by atoms with E-state index in [4.69, 9.17) is 9.15 Å². The third-order valence-electron chi connectivity index (χ3n) is 3.29. The largest absolute Gasteiger partial charge is 0.487 e. The molecule has 1 aromatic heterocycles. The van der Waals surface area contributed by atoms with Crippen LogP contribution in [0.5, 0.6) is 5.75 Å². The summed E-state index contributed by atoms with van der Waals surface area (Å²) in [6.45, 7) is 0.191. The van der Waals surface area contributed by atoms with E-state index in [2.05, 4.69) is 9.72 Å². The summed E-state index contributed by atoms with van der Waals surface area (Å²) in [7, 11) is 1.33. The molecule has 0 saturated heterocycles. The molecule has 0 unspecified atom stereocenters. The van der Waals surface area contributed by atoms with E-state index in [9.17, 15) is 9.18 Å². The molecule has 122 valence electrons. The highest BCUT2D eigenvalue weighted by Gasteiger charge is 2.09. The Morgan fingerprint density at radius 3 is 2.71 bits per heavy atom. The maximum atomic E-state index is 13.2. The van der Waals surface area contributed by atoms with Crippen LogP contribution in [0.3, 0.4) is 0 Å². The summed E-state index contributed by atoms with van der Waals surface area (Å²) in [6.07, 6.45) is 1.46. The molecule has 0 amide bonds. The summed E-state index contributed by atoms with van der Waals surface area (Å²) in [5.41, 5.74) is 1.58. The zero-order valence-electron chi connectivity index (χ0n) is 12.9. The maximum Gasteiger partial charge on any atom is 0.337 e. The van der Waals surface area contributed by atoms with Gasteiger partial charge in [-0.05, 0) is 42.5 Å². The van der Waals surface area contributed by atoms with Gasteiger partial charge in [-0.15, -0.1) is 0 Å². The highest BCUT2D eigenvalue weighted by molar-refractivity contribution is 5.89. The minimum absolute atomic E-state index is 0.191. The lowest BCUT2D eigenvalue weighted by Crippen LogP contribution is -2.01. The van der Waals surface area contributed by atoms with Crippen LogP contribution in [0.2, 0.25) is 0 Å². The van der Waals surface area contributed by atoms with Crippen molar-refractivity contribution < 1.29 is 23.1 Å². The first kappa shape index (κ1) is 15.7. The van der Waals surface area contributed by atoms with Gasteiger partial charge in [-0.3, -0.25) is 0 Å². The molecule has 0 fully saturated rings. The molecule has 5 nitrogen and oxygen atoms in total. The van der Waals surface area contributed by atoms with Gasteiger partial charge in [0, 0.05) is 5.56 Å². The van der Waals surface area contributed by atoms with Gasteiger partial charge in [-0.2, -0.15) is 0 Å². The minimum Gasteiger partial charge on any atom is -0.487 e. The van der Waals surface area contributed by atoms with Gasteiger partial charge in [0.25, 0.3) is 0 Å². The van der Waals surface area contributed by atoms with E-state index in [0.717, 1.165) is 0 Å². The molecule has 0 spiro atoms. The van der Waals surface area contributed by atoms with Gasteiger partial charge >= 0.3 is 5.97 Å². The van der Waals surface area contributed by atoms with E-state index >= 15 is 0 Å². The highest BCUT2D eigenvalue weighted by Crippen LogP contribution is 2.20. The molecular formula is C18H14FNO4. The van der Waals surface area contributed by atoms with Crippen molar-refractivity contribution in [2.24, 2.45) is 0 Å². The fourth-order valence-corrected chi connectivity index (χ4v) is 2.09. The molecule has 0 aliphatic rings. The Hall–Kier alpha value is -3.15. The average molecular weight is 327 g/mol. The van der Waals surface area contributed by atoms with Crippen molar-refractivity contribution in [2.75, 3.05) is 7.11 Å². The van der Waals surface area contributed by atoms with E-state index in [-0.39, 0.29) is 12.4 Å². The Morgan fingerprint density at radius 1 is 1.21 bits per heavy atom. The van der Waals surface area contributed by atoms with Crippen molar-refractivity contribution in [3.8, 4) is 17.2 Å². The molecule has 0 aliphatic heterocycles. The lowest BCUT2D eigenvalue weighted by molar-refractivity contribution is 0.0600. The van der Waals surface area contributed by atoms with E-state index in [0.29, 0.717) is 28.5 Å². The maximum absolute atomic E-state index is 13.2. The standard InChI is InChI=1S/C18H14FNO4/c1-22-18(21)12-5-7-16(8-6-12)23-10-15-11-24-17(20-15)13-3-2-4-14(19)9-13/h2-9,11H,10H2,1H3. The lowest BCUT2D eigenvalue weighted by Gasteiger charge is -2.04. The summed E-state index contributed by atoms with van der Waals surface area (Å²) in [4.78, 5) is 15.6. The van der Waals surface area contributed by atoms with Crippen LogP contribution in [0.1, 0.15) is 16.1 Å².